The van der Waals surface area contributed by atoms with E-state index in [-0.39, 0.29) is 5.82 Å². The van der Waals surface area contributed by atoms with E-state index in [2.05, 4.69) is 10.2 Å². The number of rotatable bonds is 4. The maximum Gasteiger partial charge on any atom is 0.184 e. The summed E-state index contributed by atoms with van der Waals surface area (Å²) in [6.45, 7) is 5.27. The van der Waals surface area contributed by atoms with Crippen LogP contribution in [0.1, 0.15) is 37.8 Å². The molecule has 0 unspecified atom stereocenters. The predicted molar refractivity (Wildman–Crippen MR) is 124 cm³/mol. The number of ether oxygens (including phenoxy) is 1. The van der Waals surface area contributed by atoms with E-state index >= 15 is 0 Å². The van der Waals surface area contributed by atoms with Crippen LogP contribution in [0.25, 0.3) is 17.0 Å². The number of aromatic amines is 1. The molecule has 2 aliphatic rings. The summed E-state index contributed by atoms with van der Waals surface area (Å²) in [7, 11) is -3.55. The van der Waals surface area contributed by atoms with Crippen molar-refractivity contribution in [1.29, 1.82) is 0 Å². The second kappa shape index (κ2) is 7.71. The largest absolute Gasteiger partial charge is 0.381 e. The Morgan fingerprint density at radius 1 is 1.22 bits per heavy atom. The molecule has 0 saturated carbocycles. The molecule has 1 saturated heterocycles. The number of nitrogens with zero attached hydrogens (tertiary/aromatic N) is 2. The van der Waals surface area contributed by atoms with E-state index in [0.29, 0.717) is 55.1 Å². The Morgan fingerprint density at radius 3 is 2.75 bits per heavy atom. The van der Waals surface area contributed by atoms with Crippen molar-refractivity contribution < 1.29 is 17.5 Å². The van der Waals surface area contributed by atoms with E-state index in [1.54, 1.807) is 12.1 Å². The lowest BCUT2D eigenvalue weighted by atomic mass is 10.0. The molecular formula is C24H26FN3O3S. The molecule has 6 nitrogen and oxygen atoms in total. The molecule has 8 heteroatoms. The van der Waals surface area contributed by atoms with Gasteiger partial charge in [0, 0.05) is 25.1 Å². The number of hydrogen-bond donors (Lipinski definition) is 1. The van der Waals surface area contributed by atoms with Gasteiger partial charge in [0.1, 0.15) is 5.82 Å². The van der Waals surface area contributed by atoms with Gasteiger partial charge in [-0.1, -0.05) is 19.1 Å². The van der Waals surface area contributed by atoms with Gasteiger partial charge in [-0.25, -0.2) is 12.8 Å². The smallest absolute Gasteiger partial charge is 0.184 e. The monoisotopic (exact) mass is 455 g/mol. The Morgan fingerprint density at radius 2 is 2.00 bits per heavy atom. The Kier molecular flexibility index (Phi) is 5.09. The zero-order valence-electron chi connectivity index (χ0n) is 18.2. The highest BCUT2D eigenvalue weighted by molar-refractivity contribution is 7.92. The van der Waals surface area contributed by atoms with Crippen molar-refractivity contribution in [3.63, 3.8) is 0 Å². The Bertz CT molecular complexity index is 1320. The molecule has 1 N–H and O–H groups in total. The molecule has 0 spiro atoms. The van der Waals surface area contributed by atoms with Gasteiger partial charge < -0.3 is 9.64 Å². The van der Waals surface area contributed by atoms with Gasteiger partial charge in [-0.3, -0.25) is 5.10 Å². The summed E-state index contributed by atoms with van der Waals surface area (Å²) < 4.78 is 46.0. The normalized spacial score (nSPS) is 18.2. The topological polar surface area (TPSA) is 75.3 Å². The fraction of sp³-hybridized carbons (Fsp3) is 0.375. The van der Waals surface area contributed by atoms with Crippen molar-refractivity contribution in [2.24, 2.45) is 0 Å². The predicted octanol–water partition coefficient (Wildman–Crippen LogP) is 4.77. The molecule has 2 aliphatic heterocycles. The number of aromatic nitrogens is 2. The van der Waals surface area contributed by atoms with Crippen molar-refractivity contribution in [2.45, 2.75) is 42.8 Å². The lowest BCUT2D eigenvalue weighted by Gasteiger charge is -2.34. The SMILES string of the molecule is CCc1cc2c(cc1S(=O)(=O)C1(C)CCOCC1)C=CCN2c1n[nH]c2ccc(F)cc12. The molecule has 0 radical (unpaired) electrons. The summed E-state index contributed by atoms with van der Waals surface area (Å²) in [6, 6.07) is 8.29. The van der Waals surface area contributed by atoms with Crippen LogP contribution < -0.4 is 4.90 Å². The van der Waals surface area contributed by atoms with Gasteiger partial charge in [-0.05, 0) is 67.6 Å². The number of fused-ring (bicyclic) bond motifs is 2. The average Bonchev–Trinajstić information content (AvgIpc) is 3.21. The third-order valence-corrected chi connectivity index (χ3v) is 9.38. The molecular weight excluding hydrogens is 429 g/mol. The minimum Gasteiger partial charge on any atom is -0.381 e. The zero-order valence-corrected chi connectivity index (χ0v) is 19.0. The third kappa shape index (κ3) is 3.24. The number of nitrogens with one attached hydrogen (secondary N) is 1. The second-order valence-corrected chi connectivity index (χ2v) is 11.1. The van der Waals surface area contributed by atoms with Crippen LogP contribution in [0.5, 0.6) is 0 Å². The van der Waals surface area contributed by atoms with Gasteiger partial charge in [-0.15, -0.1) is 0 Å². The lowest BCUT2D eigenvalue weighted by molar-refractivity contribution is 0.0789. The molecule has 5 rings (SSSR count). The Labute approximate surface area is 187 Å². The van der Waals surface area contributed by atoms with E-state index in [9.17, 15) is 12.8 Å². The Balaban J connectivity index is 1.64. The first-order valence-electron chi connectivity index (χ1n) is 10.9. The second-order valence-electron chi connectivity index (χ2n) is 8.69. The number of H-pyrrole nitrogens is 1. The van der Waals surface area contributed by atoms with Gasteiger partial charge in [0.05, 0.1) is 20.8 Å². The van der Waals surface area contributed by atoms with Gasteiger partial charge >= 0.3 is 0 Å². The minimum atomic E-state index is -3.55. The molecule has 3 aromatic rings. The number of aryl methyl sites for hydroxylation is 1. The number of halogens is 1. The third-order valence-electron chi connectivity index (χ3n) is 6.72. The van der Waals surface area contributed by atoms with Crippen LogP contribution >= 0.6 is 0 Å². The maximum absolute atomic E-state index is 13.9. The number of anilines is 2. The van der Waals surface area contributed by atoms with Crippen LogP contribution in [-0.2, 0) is 21.0 Å². The van der Waals surface area contributed by atoms with E-state index in [1.807, 2.05) is 37.0 Å². The first kappa shape index (κ1) is 21.2. The number of hydrogen-bond acceptors (Lipinski definition) is 5. The van der Waals surface area contributed by atoms with E-state index in [4.69, 9.17) is 4.74 Å². The number of benzene rings is 2. The molecule has 0 aliphatic carbocycles. The highest BCUT2D eigenvalue weighted by atomic mass is 32.2. The summed E-state index contributed by atoms with van der Waals surface area (Å²) in [5.74, 6) is 0.299. The van der Waals surface area contributed by atoms with Crippen molar-refractivity contribution in [2.75, 3.05) is 24.7 Å². The molecule has 0 atom stereocenters. The Hall–Kier alpha value is -2.71. The standard InChI is InChI=1S/C24H26FN3O3S/c1-3-16-13-21-17(14-22(16)32(29,30)24(2)8-11-31-12-9-24)5-4-10-28(21)23-19-15-18(25)6-7-20(19)26-27-23/h4-7,13-15H,3,8-12H2,1-2H3,(H,26,27). The van der Waals surface area contributed by atoms with Crippen LogP contribution in [0.15, 0.2) is 41.3 Å². The van der Waals surface area contributed by atoms with Crippen molar-refractivity contribution in [1.82, 2.24) is 10.2 Å². The molecule has 0 amide bonds. The summed E-state index contributed by atoms with van der Waals surface area (Å²) >= 11 is 0. The van der Waals surface area contributed by atoms with E-state index < -0.39 is 14.6 Å². The van der Waals surface area contributed by atoms with Crippen LogP contribution in [0, 0.1) is 5.82 Å². The van der Waals surface area contributed by atoms with E-state index in [1.165, 1.54) is 12.1 Å². The fourth-order valence-corrected chi connectivity index (χ4v) is 6.69. The van der Waals surface area contributed by atoms with Gasteiger partial charge in [-0.2, -0.15) is 5.10 Å². The van der Waals surface area contributed by atoms with Crippen molar-refractivity contribution >= 4 is 38.3 Å². The number of sulfone groups is 1. The zero-order chi connectivity index (χ0) is 22.5. The van der Waals surface area contributed by atoms with Crippen LogP contribution in [0.2, 0.25) is 0 Å². The molecule has 1 aromatic heterocycles. The summed E-state index contributed by atoms with van der Waals surface area (Å²) in [5.41, 5.74) is 3.22. The summed E-state index contributed by atoms with van der Waals surface area (Å²) in [6.07, 6.45) is 5.49. The minimum absolute atomic E-state index is 0.326. The van der Waals surface area contributed by atoms with Gasteiger partial charge in [0.2, 0.25) is 0 Å². The molecule has 168 valence electrons. The molecule has 32 heavy (non-hydrogen) atoms. The van der Waals surface area contributed by atoms with Crippen molar-refractivity contribution in [3.8, 4) is 0 Å². The van der Waals surface area contributed by atoms with Gasteiger partial charge in [0.15, 0.2) is 15.7 Å². The quantitative estimate of drug-likeness (QED) is 0.613. The van der Waals surface area contributed by atoms with Crippen LogP contribution in [0.4, 0.5) is 15.9 Å². The lowest BCUT2D eigenvalue weighted by Crippen LogP contribution is -2.41. The fourth-order valence-electron chi connectivity index (χ4n) is 4.62. The average molecular weight is 456 g/mol. The molecule has 3 heterocycles. The molecule has 2 aromatic carbocycles. The van der Waals surface area contributed by atoms with Crippen LogP contribution in [-0.4, -0.2) is 43.1 Å². The van der Waals surface area contributed by atoms with Gasteiger partial charge in [0.25, 0.3) is 0 Å². The van der Waals surface area contributed by atoms with Crippen LogP contribution in [0.3, 0.4) is 0 Å². The maximum atomic E-state index is 13.9. The highest BCUT2D eigenvalue weighted by Crippen LogP contribution is 2.41. The molecule has 0 bridgehead atoms. The van der Waals surface area contributed by atoms with E-state index in [0.717, 1.165) is 22.3 Å². The summed E-state index contributed by atoms with van der Waals surface area (Å²) in [4.78, 5) is 2.40. The first-order chi connectivity index (χ1) is 15.3. The summed E-state index contributed by atoms with van der Waals surface area (Å²) in [5, 5.41) is 8.09. The van der Waals surface area contributed by atoms with Crippen molar-refractivity contribution in [3.05, 3.63) is 53.4 Å². The highest BCUT2D eigenvalue weighted by Gasteiger charge is 2.43. The molecule has 1 fully saturated rings. The first-order valence-corrected chi connectivity index (χ1v) is 12.4.